The van der Waals surface area contributed by atoms with Crippen LogP contribution in [0.5, 0.6) is 0 Å². The Labute approximate surface area is 92.3 Å². The summed E-state index contributed by atoms with van der Waals surface area (Å²) >= 11 is 0. The van der Waals surface area contributed by atoms with E-state index < -0.39 is 0 Å². The lowest BCUT2D eigenvalue weighted by molar-refractivity contribution is 0.282. The van der Waals surface area contributed by atoms with Gasteiger partial charge in [0, 0.05) is 17.3 Å². The van der Waals surface area contributed by atoms with Gasteiger partial charge in [-0.1, -0.05) is 26.0 Å². The van der Waals surface area contributed by atoms with E-state index in [-0.39, 0.29) is 6.61 Å². The minimum absolute atomic E-state index is 0.0929. The number of rotatable bonds is 4. The van der Waals surface area contributed by atoms with Crippen LogP contribution in [0.3, 0.4) is 0 Å². The SMILES string of the molecule is CC(C)Nc1ccc(C(C)C)cc1CO. The fourth-order valence-electron chi connectivity index (χ4n) is 1.56. The molecule has 0 amide bonds. The summed E-state index contributed by atoms with van der Waals surface area (Å²) in [5.41, 5.74) is 3.29. The largest absolute Gasteiger partial charge is 0.392 e. The van der Waals surface area contributed by atoms with Crippen molar-refractivity contribution in [2.45, 2.75) is 46.3 Å². The molecule has 1 rings (SSSR count). The van der Waals surface area contributed by atoms with Gasteiger partial charge in [-0.05, 0) is 31.4 Å². The summed E-state index contributed by atoms with van der Waals surface area (Å²) in [6, 6.07) is 6.64. The number of benzene rings is 1. The van der Waals surface area contributed by atoms with Crippen LogP contribution < -0.4 is 5.32 Å². The summed E-state index contributed by atoms with van der Waals surface area (Å²) in [7, 11) is 0. The molecule has 0 aliphatic heterocycles. The van der Waals surface area contributed by atoms with Gasteiger partial charge >= 0.3 is 0 Å². The van der Waals surface area contributed by atoms with Crippen molar-refractivity contribution >= 4 is 5.69 Å². The Morgan fingerprint density at radius 1 is 1.20 bits per heavy atom. The van der Waals surface area contributed by atoms with Crippen molar-refractivity contribution < 1.29 is 5.11 Å². The minimum Gasteiger partial charge on any atom is -0.392 e. The van der Waals surface area contributed by atoms with E-state index in [0.29, 0.717) is 12.0 Å². The molecular formula is C13H21NO. The Kier molecular flexibility index (Phi) is 4.15. The number of aliphatic hydroxyl groups excluding tert-OH is 1. The Balaban J connectivity index is 2.98. The Morgan fingerprint density at radius 2 is 1.87 bits per heavy atom. The molecule has 0 heterocycles. The first kappa shape index (κ1) is 12.1. The van der Waals surface area contributed by atoms with Crippen LogP contribution in [-0.4, -0.2) is 11.1 Å². The molecule has 0 spiro atoms. The van der Waals surface area contributed by atoms with E-state index in [9.17, 15) is 5.11 Å². The summed E-state index contributed by atoms with van der Waals surface area (Å²) in [5.74, 6) is 0.503. The van der Waals surface area contributed by atoms with Gasteiger partial charge < -0.3 is 10.4 Å². The topological polar surface area (TPSA) is 32.3 Å². The van der Waals surface area contributed by atoms with Crippen molar-refractivity contribution in [3.05, 3.63) is 29.3 Å². The first-order chi connectivity index (χ1) is 7.04. The van der Waals surface area contributed by atoms with Crippen LogP contribution in [0, 0.1) is 0 Å². The monoisotopic (exact) mass is 207 g/mol. The summed E-state index contributed by atoms with van der Waals surface area (Å²) in [6.45, 7) is 8.60. The van der Waals surface area contributed by atoms with Crippen molar-refractivity contribution in [3.8, 4) is 0 Å². The average molecular weight is 207 g/mol. The number of nitrogens with one attached hydrogen (secondary N) is 1. The van der Waals surface area contributed by atoms with Crippen molar-refractivity contribution in [1.29, 1.82) is 0 Å². The molecule has 0 radical (unpaired) electrons. The van der Waals surface area contributed by atoms with Crippen molar-refractivity contribution in [1.82, 2.24) is 0 Å². The molecule has 0 aliphatic carbocycles. The zero-order valence-electron chi connectivity index (χ0n) is 10.0. The van der Waals surface area contributed by atoms with E-state index in [1.807, 2.05) is 0 Å². The zero-order chi connectivity index (χ0) is 11.4. The molecule has 0 bridgehead atoms. The van der Waals surface area contributed by atoms with Crippen LogP contribution in [0.15, 0.2) is 18.2 Å². The highest BCUT2D eigenvalue weighted by molar-refractivity contribution is 5.53. The third-order valence-corrected chi connectivity index (χ3v) is 2.41. The maximum absolute atomic E-state index is 9.30. The molecule has 15 heavy (non-hydrogen) atoms. The Bertz CT molecular complexity index is 318. The Hall–Kier alpha value is -1.02. The molecule has 0 saturated carbocycles. The molecule has 1 aromatic rings. The van der Waals surface area contributed by atoms with Crippen LogP contribution in [0.25, 0.3) is 0 Å². The second-order valence-electron chi connectivity index (χ2n) is 4.53. The van der Waals surface area contributed by atoms with Gasteiger partial charge in [0.2, 0.25) is 0 Å². The van der Waals surface area contributed by atoms with Gasteiger partial charge in [0.05, 0.1) is 6.61 Å². The molecule has 0 saturated heterocycles. The first-order valence-corrected chi connectivity index (χ1v) is 5.54. The molecule has 0 aromatic heterocycles. The lowest BCUT2D eigenvalue weighted by Crippen LogP contribution is -2.11. The highest BCUT2D eigenvalue weighted by Gasteiger charge is 2.06. The quantitative estimate of drug-likeness (QED) is 0.795. The minimum atomic E-state index is 0.0929. The highest BCUT2D eigenvalue weighted by atomic mass is 16.3. The Morgan fingerprint density at radius 3 is 2.33 bits per heavy atom. The van der Waals surface area contributed by atoms with E-state index in [0.717, 1.165) is 11.3 Å². The van der Waals surface area contributed by atoms with E-state index in [1.54, 1.807) is 0 Å². The highest BCUT2D eigenvalue weighted by Crippen LogP contribution is 2.23. The van der Waals surface area contributed by atoms with Gasteiger partial charge in [0.25, 0.3) is 0 Å². The first-order valence-electron chi connectivity index (χ1n) is 5.54. The van der Waals surface area contributed by atoms with Crippen LogP contribution in [-0.2, 0) is 6.61 Å². The fraction of sp³-hybridized carbons (Fsp3) is 0.538. The van der Waals surface area contributed by atoms with E-state index in [4.69, 9.17) is 0 Å². The molecular weight excluding hydrogens is 186 g/mol. The molecule has 84 valence electrons. The third kappa shape index (κ3) is 3.24. The average Bonchev–Trinajstić information content (AvgIpc) is 2.17. The zero-order valence-corrected chi connectivity index (χ0v) is 10.0. The number of anilines is 1. The molecule has 0 fully saturated rings. The van der Waals surface area contributed by atoms with Crippen molar-refractivity contribution in [2.24, 2.45) is 0 Å². The van der Waals surface area contributed by atoms with E-state index in [2.05, 4.69) is 51.2 Å². The molecule has 2 heteroatoms. The van der Waals surface area contributed by atoms with Crippen LogP contribution >= 0.6 is 0 Å². The summed E-state index contributed by atoms with van der Waals surface area (Å²) in [6.07, 6.45) is 0. The van der Waals surface area contributed by atoms with Gasteiger partial charge in [0.1, 0.15) is 0 Å². The molecule has 0 unspecified atom stereocenters. The number of hydrogen-bond donors (Lipinski definition) is 2. The number of hydrogen-bond acceptors (Lipinski definition) is 2. The fourth-order valence-corrected chi connectivity index (χ4v) is 1.56. The van der Waals surface area contributed by atoms with Crippen LogP contribution in [0.2, 0.25) is 0 Å². The maximum Gasteiger partial charge on any atom is 0.0702 e. The van der Waals surface area contributed by atoms with Crippen LogP contribution in [0.1, 0.15) is 44.7 Å². The summed E-state index contributed by atoms with van der Waals surface area (Å²) in [4.78, 5) is 0. The van der Waals surface area contributed by atoms with E-state index in [1.165, 1.54) is 5.56 Å². The number of aliphatic hydroxyl groups is 1. The molecule has 0 aliphatic rings. The second kappa shape index (κ2) is 5.17. The van der Waals surface area contributed by atoms with Gasteiger partial charge in [-0.15, -0.1) is 0 Å². The maximum atomic E-state index is 9.30. The van der Waals surface area contributed by atoms with Crippen molar-refractivity contribution in [3.63, 3.8) is 0 Å². The normalized spacial score (nSPS) is 11.1. The van der Waals surface area contributed by atoms with Gasteiger partial charge in [0.15, 0.2) is 0 Å². The molecule has 2 nitrogen and oxygen atoms in total. The predicted molar refractivity (Wildman–Crippen MR) is 65.2 cm³/mol. The third-order valence-electron chi connectivity index (χ3n) is 2.41. The molecule has 1 aromatic carbocycles. The van der Waals surface area contributed by atoms with Gasteiger partial charge in [-0.25, -0.2) is 0 Å². The van der Waals surface area contributed by atoms with E-state index >= 15 is 0 Å². The van der Waals surface area contributed by atoms with Gasteiger partial charge in [-0.3, -0.25) is 0 Å². The standard InChI is InChI=1S/C13H21NO/c1-9(2)11-5-6-13(14-10(3)4)12(7-11)8-15/h5-7,9-10,14-15H,8H2,1-4H3. The summed E-state index contributed by atoms with van der Waals surface area (Å²) in [5, 5.41) is 12.6. The van der Waals surface area contributed by atoms with Crippen LogP contribution in [0.4, 0.5) is 5.69 Å². The smallest absolute Gasteiger partial charge is 0.0702 e. The van der Waals surface area contributed by atoms with Gasteiger partial charge in [-0.2, -0.15) is 0 Å². The lowest BCUT2D eigenvalue weighted by Gasteiger charge is -2.16. The molecule has 0 atom stereocenters. The second-order valence-corrected chi connectivity index (χ2v) is 4.53. The lowest BCUT2D eigenvalue weighted by atomic mass is 10.00. The van der Waals surface area contributed by atoms with Crippen molar-refractivity contribution in [2.75, 3.05) is 5.32 Å². The molecule has 2 N–H and O–H groups in total. The predicted octanol–water partition coefficient (Wildman–Crippen LogP) is 3.12. The summed E-state index contributed by atoms with van der Waals surface area (Å²) < 4.78 is 0.